The fraction of sp³-hybridized carbons (Fsp3) is 0.538. The fourth-order valence-electron chi connectivity index (χ4n) is 5.18. The molecule has 2 aliphatic heterocycles. The number of carbonyl (C=O) groups is 2. The van der Waals surface area contributed by atoms with Gasteiger partial charge >= 0.3 is 5.97 Å². The second-order valence-corrected chi connectivity index (χ2v) is 9.75. The number of esters is 1. The highest BCUT2D eigenvalue weighted by Crippen LogP contribution is 2.50. The number of methoxy groups -OCH3 is 2. The standard InChI is InChI=1S/C26H33NO6/c1-15-21(25(29)33-14-16-8-7-11-32-16)22(17-9-6-10-20(30-4)24(17)31-5)23-18(27-15)12-26(2,3)13-19(23)28/h6,9-10,16,22,27H,7-8,11-14H2,1-5H3. The monoisotopic (exact) mass is 455 g/mol. The summed E-state index contributed by atoms with van der Waals surface area (Å²) in [6.07, 6.45) is 2.89. The number of ketones is 1. The Morgan fingerprint density at radius 3 is 2.67 bits per heavy atom. The highest BCUT2D eigenvalue weighted by atomic mass is 16.6. The molecule has 7 nitrogen and oxygen atoms in total. The average molecular weight is 456 g/mol. The third kappa shape index (κ3) is 4.51. The van der Waals surface area contributed by atoms with Crippen molar-refractivity contribution in [3.8, 4) is 11.5 Å². The van der Waals surface area contributed by atoms with E-state index in [0.717, 1.165) is 18.5 Å². The summed E-state index contributed by atoms with van der Waals surface area (Å²) in [5.41, 5.74) is 3.12. The minimum Gasteiger partial charge on any atom is -0.493 e. The number of para-hydroxylation sites is 1. The van der Waals surface area contributed by atoms with Gasteiger partial charge in [-0.15, -0.1) is 0 Å². The van der Waals surface area contributed by atoms with Crippen LogP contribution in [0.5, 0.6) is 11.5 Å². The predicted molar refractivity (Wildman–Crippen MR) is 123 cm³/mol. The Kier molecular flexibility index (Phi) is 6.52. The molecule has 1 saturated heterocycles. The number of nitrogens with one attached hydrogen (secondary N) is 1. The number of hydrogen-bond donors (Lipinski definition) is 1. The van der Waals surface area contributed by atoms with Gasteiger partial charge in [0.15, 0.2) is 17.3 Å². The number of allylic oxidation sites excluding steroid dienone is 3. The topological polar surface area (TPSA) is 83.1 Å². The first-order valence-corrected chi connectivity index (χ1v) is 11.5. The van der Waals surface area contributed by atoms with Gasteiger partial charge in [0, 0.05) is 35.6 Å². The predicted octanol–water partition coefficient (Wildman–Crippen LogP) is 4.03. The van der Waals surface area contributed by atoms with Crippen molar-refractivity contribution in [2.24, 2.45) is 5.41 Å². The molecule has 4 rings (SSSR count). The van der Waals surface area contributed by atoms with Gasteiger partial charge in [-0.25, -0.2) is 4.79 Å². The van der Waals surface area contributed by atoms with Crippen molar-refractivity contribution >= 4 is 11.8 Å². The van der Waals surface area contributed by atoms with Gasteiger partial charge in [0.25, 0.3) is 0 Å². The summed E-state index contributed by atoms with van der Waals surface area (Å²) in [6, 6.07) is 5.53. The molecule has 0 bridgehead atoms. The Labute approximate surface area is 195 Å². The Balaban J connectivity index is 1.80. The third-order valence-electron chi connectivity index (χ3n) is 6.63. The molecular weight excluding hydrogens is 422 g/mol. The van der Waals surface area contributed by atoms with Crippen LogP contribution in [0.1, 0.15) is 57.9 Å². The summed E-state index contributed by atoms with van der Waals surface area (Å²) in [4.78, 5) is 26.9. The van der Waals surface area contributed by atoms with E-state index in [4.69, 9.17) is 18.9 Å². The lowest BCUT2D eigenvalue weighted by atomic mass is 9.68. The molecule has 33 heavy (non-hydrogen) atoms. The zero-order valence-electron chi connectivity index (χ0n) is 20.1. The molecule has 1 fully saturated rings. The van der Waals surface area contributed by atoms with E-state index < -0.39 is 11.9 Å². The van der Waals surface area contributed by atoms with Crippen LogP contribution in [0.4, 0.5) is 0 Å². The zero-order chi connectivity index (χ0) is 23.8. The van der Waals surface area contributed by atoms with E-state index in [9.17, 15) is 9.59 Å². The van der Waals surface area contributed by atoms with Crippen LogP contribution in [-0.2, 0) is 19.1 Å². The van der Waals surface area contributed by atoms with E-state index in [1.807, 2.05) is 19.1 Å². The maximum absolute atomic E-state index is 13.5. The average Bonchev–Trinajstić information content (AvgIpc) is 3.28. The van der Waals surface area contributed by atoms with E-state index in [2.05, 4.69) is 19.2 Å². The number of carbonyl (C=O) groups excluding carboxylic acids is 2. The molecule has 1 aromatic carbocycles. The molecule has 0 amide bonds. The molecule has 0 spiro atoms. The molecule has 178 valence electrons. The molecule has 2 unspecified atom stereocenters. The summed E-state index contributed by atoms with van der Waals surface area (Å²) in [5, 5.41) is 3.36. The van der Waals surface area contributed by atoms with Crippen molar-refractivity contribution in [1.29, 1.82) is 0 Å². The molecule has 1 aromatic rings. The highest BCUT2D eigenvalue weighted by Gasteiger charge is 2.44. The molecule has 7 heteroatoms. The maximum atomic E-state index is 13.5. The minimum atomic E-state index is -0.605. The summed E-state index contributed by atoms with van der Waals surface area (Å²) < 4.78 is 22.5. The quantitative estimate of drug-likeness (QED) is 0.649. The van der Waals surface area contributed by atoms with E-state index in [1.54, 1.807) is 20.3 Å². The zero-order valence-corrected chi connectivity index (χ0v) is 20.1. The van der Waals surface area contributed by atoms with Crippen LogP contribution in [0.15, 0.2) is 40.7 Å². The molecular formula is C26H33NO6. The van der Waals surface area contributed by atoms with Crippen molar-refractivity contribution in [2.45, 2.75) is 58.5 Å². The fourth-order valence-corrected chi connectivity index (χ4v) is 5.18. The van der Waals surface area contributed by atoms with Gasteiger partial charge in [0.1, 0.15) is 6.61 Å². The number of ether oxygens (including phenoxy) is 4. The van der Waals surface area contributed by atoms with Crippen molar-refractivity contribution < 1.29 is 28.5 Å². The largest absolute Gasteiger partial charge is 0.493 e. The third-order valence-corrected chi connectivity index (χ3v) is 6.63. The first-order chi connectivity index (χ1) is 15.8. The lowest BCUT2D eigenvalue weighted by Crippen LogP contribution is -2.39. The van der Waals surface area contributed by atoms with Crippen LogP contribution < -0.4 is 14.8 Å². The first-order valence-electron chi connectivity index (χ1n) is 11.5. The Morgan fingerprint density at radius 2 is 2.00 bits per heavy atom. The molecule has 1 N–H and O–H groups in total. The molecule has 2 heterocycles. The van der Waals surface area contributed by atoms with Crippen molar-refractivity contribution in [3.63, 3.8) is 0 Å². The van der Waals surface area contributed by atoms with Crippen molar-refractivity contribution in [2.75, 3.05) is 27.4 Å². The van der Waals surface area contributed by atoms with E-state index in [0.29, 0.717) is 53.4 Å². The lowest BCUT2D eigenvalue weighted by molar-refractivity contribution is -0.142. The number of Topliss-reactive ketones (excluding diaryl/α,β-unsaturated/α-hetero) is 1. The summed E-state index contributed by atoms with van der Waals surface area (Å²) >= 11 is 0. The molecule has 0 saturated carbocycles. The van der Waals surface area contributed by atoms with Crippen LogP contribution in [0.25, 0.3) is 0 Å². The SMILES string of the molecule is COc1cccc(C2C(C(=O)OCC3CCCO3)=C(C)NC3=C2C(=O)CC(C)(C)C3)c1OC. The van der Waals surface area contributed by atoms with E-state index in [-0.39, 0.29) is 23.9 Å². The summed E-state index contributed by atoms with van der Waals surface area (Å²) in [7, 11) is 3.14. The molecule has 2 atom stereocenters. The van der Waals surface area contributed by atoms with Gasteiger partial charge in [0.05, 0.1) is 31.8 Å². The maximum Gasteiger partial charge on any atom is 0.336 e. The van der Waals surface area contributed by atoms with Crippen LogP contribution in [0.2, 0.25) is 0 Å². The van der Waals surface area contributed by atoms with Gasteiger partial charge in [-0.1, -0.05) is 26.0 Å². The second-order valence-electron chi connectivity index (χ2n) is 9.75. The Morgan fingerprint density at radius 1 is 1.21 bits per heavy atom. The van der Waals surface area contributed by atoms with Gasteiger partial charge in [-0.3, -0.25) is 4.79 Å². The molecule has 3 aliphatic rings. The van der Waals surface area contributed by atoms with Gasteiger partial charge in [0.2, 0.25) is 0 Å². The smallest absolute Gasteiger partial charge is 0.336 e. The highest BCUT2D eigenvalue weighted by molar-refractivity contribution is 6.04. The first kappa shape index (κ1) is 23.4. The number of benzene rings is 1. The van der Waals surface area contributed by atoms with Crippen LogP contribution in [0.3, 0.4) is 0 Å². The van der Waals surface area contributed by atoms with Crippen LogP contribution in [0, 0.1) is 5.41 Å². The molecule has 1 aliphatic carbocycles. The van der Waals surface area contributed by atoms with Crippen LogP contribution >= 0.6 is 0 Å². The number of dihydropyridines is 1. The molecule has 0 radical (unpaired) electrons. The van der Waals surface area contributed by atoms with Crippen molar-refractivity contribution in [3.05, 3.63) is 46.3 Å². The van der Waals surface area contributed by atoms with E-state index >= 15 is 0 Å². The minimum absolute atomic E-state index is 0.0283. The Bertz CT molecular complexity index is 1020. The number of hydrogen-bond acceptors (Lipinski definition) is 7. The van der Waals surface area contributed by atoms with Gasteiger partial charge in [-0.2, -0.15) is 0 Å². The van der Waals surface area contributed by atoms with E-state index in [1.165, 1.54) is 0 Å². The van der Waals surface area contributed by atoms with Crippen LogP contribution in [-0.4, -0.2) is 45.3 Å². The van der Waals surface area contributed by atoms with Gasteiger partial charge < -0.3 is 24.3 Å². The second kappa shape index (κ2) is 9.21. The summed E-state index contributed by atoms with van der Waals surface area (Å²) in [6.45, 7) is 6.92. The van der Waals surface area contributed by atoms with Gasteiger partial charge in [-0.05, 0) is 37.7 Å². The van der Waals surface area contributed by atoms with Crippen molar-refractivity contribution in [1.82, 2.24) is 5.32 Å². The Hall–Kier alpha value is -2.80. The number of rotatable bonds is 6. The summed E-state index contributed by atoms with van der Waals surface area (Å²) in [5.74, 6) is 0.0274. The molecule has 0 aromatic heterocycles. The normalized spacial score (nSPS) is 24.3. The lowest BCUT2D eigenvalue weighted by Gasteiger charge is -2.39.